The normalized spacial score (nSPS) is 27.9. The van der Waals surface area contributed by atoms with Crippen LogP contribution in [-0.4, -0.2) is 81.6 Å². The molecule has 5 rings (SSSR count). The summed E-state index contributed by atoms with van der Waals surface area (Å²) in [5, 5.41) is 17.5. The molecule has 3 aliphatic heterocycles. The highest BCUT2D eigenvalue weighted by Gasteiger charge is 2.57. The van der Waals surface area contributed by atoms with E-state index in [1.54, 1.807) is 17.9 Å². The highest BCUT2D eigenvalue weighted by molar-refractivity contribution is 7.95. The number of nitriles is 1. The molecule has 0 N–H and O–H groups in total. The largest absolute Gasteiger partial charge is 0.350 e. The van der Waals surface area contributed by atoms with E-state index in [9.17, 15) is 13.2 Å². The predicted molar refractivity (Wildman–Crippen MR) is 139 cm³/mol. The van der Waals surface area contributed by atoms with Crippen molar-refractivity contribution in [2.75, 3.05) is 35.2 Å². The number of halogens is 1. The Morgan fingerprint density at radius 1 is 1.14 bits per heavy atom. The van der Waals surface area contributed by atoms with E-state index in [4.69, 9.17) is 16.9 Å². The molecular formula is C24H29ClN8O3S. The van der Waals surface area contributed by atoms with E-state index in [1.807, 2.05) is 24.8 Å². The van der Waals surface area contributed by atoms with Gasteiger partial charge >= 0.3 is 0 Å². The van der Waals surface area contributed by atoms with Crippen molar-refractivity contribution >= 4 is 44.8 Å². The van der Waals surface area contributed by atoms with Crippen LogP contribution in [0.2, 0.25) is 5.02 Å². The zero-order valence-corrected chi connectivity index (χ0v) is 23.0. The van der Waals surface area contributed by atoms with Gasteiger partial charge in [-0.3, -0.25) is 4.79 Å². The highest BCUT2D eigenvalue weighted by atomic mass is 35.5. The molecule has 3 aliphatic rings. The number of sulfone groups is 1. The third-order valence-electron chi connectivity index (χ3n) is 7.92. The third kappa shape index (κ3) is 3.82. The van der Waals surface area contributed by atoms with Crippen molar-refractivity contribution in [1.29, 1.82) is 5.26 Å². The minimum Gasteiger partial charge on any atom is -0.350 e. The van der Waals surface area contributed by atoms with Crippen LogP contribution in [0.15, 0.2) is 12.4 Å². The Kier molecular flexibility index (Phi) is 5.88. The van der Waals surface area contributed by atoms with E-state index in [-0.39, 0.29) is 39.9 Å². The average molecular weight is 545 g/mol. The zero-order chi connectivity index (χ0) is 26.9. The van der Waals surface area contributed by atoms with Gasteiger partial charge in [-0.15, -0.1) is 10.2 Å². The van der Waals surface area contributed by atoms with E-state index >= 15 is 0 Å². The number of anilines is 3. The molecule has 0 aromatic carbocycles. The Labute approximate surface area is 221 Å². The van der Waals surface area contributed by atoms with E-state index in [0.29, 0.717) is 37.7 Å². The quantitative estimate of drug-likeness (QED) is 0.565. The Morgan fingerprint density at radius 2 is 1.84 bits per heavy atom. The lowest BCUT2D eigenvalue weighted by atomic mass is 9.87. The lowest BCUT2D eigenvalue weighted by molar-refractivity contribution is -0.137. The van der Waals surface area contributed by atoms with Gasteiger partial charge in [-0.2, -0.15) is 5.26 Å². The molecule has 1 amide bonds. The molecule has 13 heteroatoms. The van der Waals surface area contributed by atoms with Crippen LogP contribution in [0.1, 0.15) is 52.3 Å². The van der Waals surface area contributed by atoms with Gasteiger partial charge in [0, 0.05) is 48.8 Å². The van der Waals surface area contributed by atoms with Crippen LogP contribution in [0, 0.1) is 11.3 Å². The van der Waals surface area contributed by atoms with Gasteiger partial charge in [0.15, 0.2) is 21.3 Å². The van der Waals surface area contributed by atoms with Crippen LogP contribution < -0.4 is 9.80 Å². The molecule has 37 heavy (non-hydrogen) atoms. The van der Waals surface area contributed by atoms with Crippen LogP contribution in [0.4, 0.5) is 17.5 Å². The van der Waals surface area contributed by atoms with Crippen LogP contribution in [0.3, 0.4) is 0 Å². The fourth-order valence-electron chi connectivity index (χ4n) is 5.52. The summed E-state index contributed by atoms with van der Waals surface area (Å²) in [5.41, 5.74) is 0.660. The Balaban J connectivity index is 1.47. The first kappa shape index (κ1) is 25.6. The standard InChI is InChI=1S/C24H29ClN8O3S/c1-14-11-32(22(34)24(5)6-7-37(24,35)36)15(2)10-31(14)20-19-21(28-13-27-20)33(12-23(19,3)4)18-8-16(25)17(9-26)29-30-18/h8,13-15H,6-7,10-12H2,1-5H3/t14-,15+,24-/m0/s1. The molecule has 2 fully saturated rings. The maximum Gasteiger partial charge on any atom is 0.244 e. The number of amides is 1. The predicted octanol–water partition coefficient (Wildman–Crippen LogP) is 2.22. The lowest BCUT2D eigenvalue weighted by Gasteiger charge is -2.49. The van der Waals surface area contributed by atoms with Crippen molar-refractivity contribution in [1.82, 2.24) is 25.1 Å². The van der Waals surface area contributed by atoms with E-state index < -0.39 is 14.6 Å². The summed E-state index contributed by atoms with van der Waals surface area (Å²) in [6.07, 6.45) is 1.87. The van der Waals surface area contributed by atoms with Gasteiger partial charge in [0.1, 0.15) is 28.8 Å². The molecule has 0 bridgehead atoms. The first-order valence-electron chi connectivity index (χ1n) is 12.2. The van der Waals surface area contributed by atoms with Gasteiger partial charge in [-0.05, 0) is 27.2 Å². The molecule has 11 nitrogen and oxygen atoms in total. The Morgan fingerprint density at radius 3 is 2.43 bits per heavy atom. The molecule has 0 unspecified atom stereocenters. The average Bonchev–Trinajstić information content (AvgIpc) is 3.14. The number of carbonyl (C=O) groups excluding carboxylic acids is 1. The molecule has 3 atom stereocenters. The first-order valence-corrected chi connectivity index (χ1v) is 14.2. The van der Waals surface area contributed by atoms with Crippen LogP contribution in [-0.2, 0) is 20.0 Å². The second-order valence-electron chi connectivity index (χ2n) is 11.0. The molecule has 2 aromatic rings. The molecule has 196 valence electrons. The summed E-state index contributed by atoms with van der Waals surface area (Å²) in [6, 6.07) is 3.24. The smallest absolute Gasteiger partial charge is 0.244 e. The Bertz CT molecular complexity index is 1440. The van der Waals surface area contributed by atoms with Crippen molar-refractivity contribution in [3.05, 3.63) is 28.7 Å². The number of piperazine rings is 1. The van der Waals surface area contributed by atoms with Gasteiger partial charge in [0.05, 0.1) is 10.8 Å². The Hall–Kier alpha value is -3.04. The molecule has 0 radical (unpaired) electrons. The number of rotatable bonds is 3. The van der Waals surface area contributed by atoms with Gasteiger partial charge in [0.25, 0.3) is 0 Å². The van der Waals surface area contributed by atoms with Gasteiger partial charge in [-0.1, -0.05) is 25.4 Å². The van der Waals surface area contributed by atoms with Gasteiger partial charge in [-0.25, -0.2) is 18.4 Å². The summed E-state index contributed by atoms with van der Waals surface area (Å²) < 4.78 is 23.4. The molecule has 0 spiro atoms. The first-order chi connectivity index (χ1) is 17.3. The summed E-state index contributed by atoms with van der Waals surface area (Å²) in [6.45, 7) is 11.2. The van der Waals surface area contributed by atoms with Crippen molar-refractivity contribution in [2.45, 2.75) is 63.3 Å². The summed E-state index contributed by atoms with van der Waals surface area (Å²) >= 11 is 6.24. The van der Waals surface area contributed by atoms with Crippen molar-refractivity contribution in [3.63, 3.8) is 0 Å². The number of hydrogen-bond acceptors (Lipinski definition) is 10. The molecule has 0 aliphatic carbocycles. The SMILES string of the molecule is C[C@@H]1CN(c2ncnc3c2C(C)(C)CN3c2cc(Cl)c(C#N)nn2)[C@@H](C)CN1C(=O)[C@]1(C)CCS1(=O)=O. The molecule has 5 heterocycles. The maximum absolute atomic E-state index is 13.3. The van der Waals surface area contributed by atoms with Crippen LogP contribution in [0.5, 0.6) is 0 Å². The number of carbonyl (C=O) groups is 1. The zero-order valence-electron chi connectivity index (χ0n) is 21.4. The number of aromatic nitrogens is 4. The van der Waals surface area contributed by atoms with E-state index in [2.05, 4.69) is 38.9 Å². The van der Waals surface area contributed by atoms with Crippen LogP contribution in [0.25, 0.3) is 0 Å². The number of hydrogen-bond donors (Lipinski definition) is 0. The van der Waals surface area contributed by atoms with Crippen LogP contribution >= 0.6 is 11.6 Å². The highest BCUT2D eigenvalue weighted by Crippen LogP contribution is 2.47. The molecule has 2 saturated heterocycles. The lowest BCUT2D eigenvalue weighted by Crippen LogP contribution is -2.66. The summed E-state index contributed by atoms with van der Waals surface area (Å²) in [5.74, 6) is 1.71. The second-order valence-corrected chi connectivity index (χ2v) is 13.9. The second kappa shape index (κ2) is 8.49. The fraction of sp³-hybridized carbons (Fsp3) is 0.583. The maximum atomic E-state index is 13.3. The monoisotopic (exact) mass is 544 g/mol. The number of fused-ring (bicyclic) bond motifs is 1. The van der Waals surface area contributed by atoms with E-state index in [1.165, 1.54) is 6.33 Å². The number of nitrogens with zero attached hydrogens (tertiary/aromatic N) is 8. The minimum atomic E-state index is -3.41. The molecule has 2 aromatic heterocycles. The summed E-state index contributed by atoms with van der Waals surface area (Å²) in [7, 11) is -3.41. The van der Waals surface area contributed by atoms with Crippen molar-refractivity contribution in [2.24, 2.45) is 0 Å². The third-order valence-corrected chi connectivity index (χ3v) is 10.7. The summed E-state index contributed by atoms with van der Waals surface area (Å²) in [4.78, 5) is 28.4. The molecule has 0 saturated carbocycles. The minimum absolute atomic E-state index is 0.0614. The van der Waals surface area contributed by atoms with Gasteiger partial charge in [0.2, 0.25) is 5.91 Å². The fourth-order valence-corrected chi connectivity index (χ4v) is 7.24. The van der Waals surface area contributed by atoms with Crippen molar-refractivity contribution < 1.29 is 13.2 Å². The van der Waals surface area contributed by atoms with Gasteiger partial charge < -0.3 is 14.7 Å². The molecular weight excluding hydrogens is 516 g/mol. The topological polar surface area (TPSA) is 136 Å². The van der Waals surface area contributed by atoms with Crippen molar-refractivity contribution in [3.8, 4) is 6.07 Å². The van der Waals surface area contributed by atoms with E-state index in [0.717, 1.165) is 11.4 Å².